The number of carbonyl (C=O) groups is 3. The zero-order valence-electron chi connectivity index (χ0n) is 17.2. The number of hydrogen-bond donors (Lipinski definition) is 2. The average molecular weight is 418 g/mol. The lowest BCUT2D eigenvalue weighted by Crippen LogP contribution is -2.24. The molecule has 158 valence electrons. The van der Waals surface area contributed by atoms with Crippen LogP contribution in [0.3, 0.4) is 0 Å². The number of methoxy groups -OCH3 is 1. The third-order valence-electron chi connectivity index (χ3n) is 4.41. The standard InChI is InChI=1S/C24H22N2O5/c1-16(27)31-21-8-5-7-18(14-21)24(29)26-22-9-4-3-6-19(22)15-25-23(28)17-10-12-20(30-2)13-11-17/h3-14H,15H2,1-2H3,(H,25,28)(H,26,29). The molecule has 0 atom stereocenters. The van der Waals surface area contributed by atoms with E-state index in [9.17, 15) is 14.4 Å². The van der Waals surface area contributed by atoms with E-state index in [1.165, 1.54) is 13.0 Å². The molecular formula is C24H22N2O5. The van der Waals surface area contributed by atoms with Gasteiger partial charge in [0.1, 0.15) is 11.5 Å². The van der Waals surface area contributed by atoms with Gasteiger partial charge >= 0.3 is 5.97 Å². The molecule has 7 nitrogen and oxygen atoms in total. The Labute approximate surface area is 180 Å². The SMILES string of the molecule is COc1ccc(C(=O)NCc2ccccc2NC(=O)c2cccc(OC(C)=O)c2)cc1. The first-order valence-corrected chi connectivity index (χ1v) is 9.56. The van der Waals surface area contributed by atoms with E-state index >= 15 is 0 Å². The van der Waals surface area contributed by atoms with Crippen molar-refractivity contribution in [3.8, 4) is 11.5 Å². The Morgan fingerprint density at radius 3 is 2.26 bits per heavy atom. The molecule has 0 heterocycles. The van der Waals surface area contributed by atoms with Crippen LogP contribution in [0.1, 0.15) is 33.2 Å². The Morgan fingerprint density at radius 1 is 0.806 bits per heavy atom. The number of hydrogen-bond acceptors (Lipinski definition) is 5. The monoisotopic (exact) mass is 418 g/mol. The highest BCUT2D eigenvalue weighted by molar-refractivity contribution is 6.05. The number of ether oxygens (including phenoxy) is 2. The maximum atomic E-state index is 12.7. The number of rotatable bonds is 7. The van der Waals surface area contributed by atoms with Gasteiger partial charge in [-0.3, -0.25) is 14.4 Å². The number of benzene rings is 3. The number of carbonyl (C=O) groups excluding carboxylic acids is 3. The molecule has 0 aliphatic rings. The average Bonchev–Trinajstić information content (AvgIpc) is 2.78. The molecule has 0 unspecified atom stereocenters. The maximum absolute atomic E-state index is 12.7. The smallest absolute Gasteiger partial charge is 0.308 e. The van der Waals surface area contributed by atoms with Crippen LogP contribution in [0.4, 0.5) is 5.69 Å². The van der Waals surface area contributed by atoms with Gasteiger partial charge in [-0.05, 0) is 54.1 Å². The zero-order valence-corrected chi connectivity index (χ0v) is 17.2. The van der Waals surface area contributed by atoms with Crippen LogP contribution in [0, 0.1) is 0 Å². The Balaban J connectivity index is 1.68. The summed E-state index contributed by atoms with van der Waals surface area (Å²) in [6.45, 7) is 1.53. The van der Waals surface area contributed by atoms with Gasteiger partial charge in [0, 0.05) is 30.3 Å². The van der Waals surface area contributed by atoms with Crippen molar-refractivity contribution < 1.29 is 23.9 Å². The quantitative estimate of drug-likeness (QED) is 0.450. The van der Waals surface area contributed by atoms with Crippen LogP contribution in [0.25, 0.3) is 0 Å². The highest BCUT2D eigenvalue weighted by atomic mass is 16.5. The first-order chi connectivity index (χ1) is 15.0. The number of nitrogens with one attached hydrogen (secondary N) is 2. The third kappa shape index (κ3) is 5.93. The van der Waals surface area contributed by atoms with E-state index in [1.807, 2.05) is 12.1 Å². The predicted molar refractivity (Wildman–Crippen MR) is 116 cm³/mol. The molecule has 0 spiro atoms. The van der Waals surface area contributed by atoms with E-state index in [0.717, 1.165) is 5.56 Å². The summed E-state index contributed by atoms with van der Waals surface area (Å²) in [4.78, 5) is 36.2. The fourth-order valence-electron chi connectivity index (χ4n) is 2.88. The molecule has 0 aromatic heterocycles. The minimum absolute atomic E-state index is 0.231. The Kier molecular flexibility index (Phi) is 7.01. The van der Waals surface area contributed by atoms with Gasteiger partial charge in [0.2, 0.25) is 0 Å². The lowest BCUT2D eigenvalue weighted by Gasteiger charge is -2.13. The van der Waals surface area contributed by atoms with E-state index in [2.05, 4.69) is 10.6 Å². The van der Waals surface area contributed by atoms with Gasteiger partial charge in [-0.2, -0.15) is 0 Å². The summed E-state index contributed by atoms with van der Waals surface area (Å²) in [7, 11) is 1.56. The van der Waals surface area contributed by atoms with Crippen LogP contribution in [0.5, 0.6) is 11.5 Å². The van der Waals surface area contributed by atoms with Crippen LogP contribution in [-0.4, -0.2) is 24.9 Å². The minimum atomic E-state index is -0.462. The van der Waals surface area contributed by atoms with Gasteiger partial charge < -0.3 is 20.1 Å². The van der Waals surface area contributed by atoms with Crippen molar-refractivity contribution in [1.82, 2.24) is 5.32 Å². The van der Waals surface area contributed by atoms with E-state index in [4.69, 9.17) is 9.47 Å². The summed E-state index contributed by atoms with van der Waals surface area (Å²) in [5, 5.41) is 5.69. The van der Waals surface area contributed by atoms with Crippen molar-refractivity contribution in [2.24, 2.45) is 0 Å². The van der Waals surface area contributed by atoms with Crippen LogP contribution >= 0.6 is 0 Å². The number of amides is 2. The van der Waals surface area contributed by atoms with Gasteiger partial charge in [-0.25, -0.2) is 0 Å². The molecule has 0 bridgehead atoms. The summed E-state index contributed by atoms with van der Waals surface area (Å²) >= 11 is 0. The predicted octanol–water partition coefficient (Wildman–Crippen LogP) is 3.80. The molecule has 2 amide bonds. The van der Waals surface area contributed by atoms with E-state index in [1.54, 1.807) is 61.7 Å². The van der Waals surface area contributed by atoms with Crippen molar-refractivity contribution in [1.29, 1.82) is 0 Å². The second-order valence-corrected chi connectivity index (χ2v) is 6.64. The highest BCUT2D eigenvalue weighted by Gasteiger charge is 2.12. The molecule has 0 fully saturated rings. The van der Waals surface area contributed by atoms with E-state index in [0.29, 0.717) is 28.3 Å². The molecule has 0 saturated heterocycles. The molecule has 3 rings (SSSR count). The molecule has 0 aliphatic carbocycles. The lowest BCUT2D eigenvalue weighted by molar-refractivity contribution is -0.131. The minimum Gasteiger partial charge on any atom is -0.497 e. The summed E-state index contributed by atoms with van der Waals surface area (Å²) in [6.07, 6.45) is 0. The molecule has 7 heteroatoms. The Morgan fingerprint density at radius 2 is 1.55 bits per heavy atom. The van der Waals surface area contributed by atoms with Crippen molar-refractivity contribution >= 4 is 23.5 Å². The van der Waals surface area contributed by atoms with Gasteiger partial charge in [0.05, 0.1) is 7.11 Å². The molecule has 0 aliphatic heterocycles. The molecule has 0 radical (unpaired) electrons. The van der Waals surface area contributed by atoms with Crippen LogP contribution in [0.2, 0.25) is 0 Å². The number of esters is 1. The second-order valence-electron chi connectivity index (χ2n) is 6.64. The Hall–Kier alpha value is -4.13. The van der Waals surface area contributed by atoms with Gasteiger partial charge in [0.25, 0.3) is 11.8 Å². The zero-order chi connectivity index (χ0) is 22.2. The summed E-state index contributed by atoms with van der Waals surface area (Å²) in [5.41, 5.74) is 2.16. The normalized spacial score (nSPS) is 10.1. The van der Waals surface area contributed by atoms with E-state index in [-0.39, 0.29) is 18.4 Å². The lowest BCUT2D eigenvalue weighted by atomic mass is 10.1. The van der Waals surface area contributed by atoms with Crippen LogP contribution < -0.4 is 20.1 Å². The number of anilines is 1. The molecule has 3 aromatic carbocycles. The van der Waals surface area contributed by atoms with Gasteiger partial charge in [0.15, 0.2) is 0 Å². The van der Waals surface area contributed by atoms with Crippen molar-refractivity contribution in [2.45, 2.75) is 13.5 Å². The van der Waals surface area contributed by atoms with Crippen LogP contribution in [-0.2, 0) is 11.3 Å². The fourth-order valence-corrected chi connectivity index (χ4v) is 2.88. The molecule has 31 heavy (non-hydrogen) atoms. The Bertz CT molecular complexity index is 1090. The summed E-state index contributed by atoms with van der Waals surface area (Å²) in [6, 6.07) is 20.3. The van der Waals surface area contributed by atoms with Gasteiger partial charge in [-0.15, -0.1) is 0 Å². The first kappa shape index (κ1) is 21.6. The summed E-state index contributed by atoms with van der Waals surface area (Å²) < 4.78 is 10.1. The van der Waals surface area contributed by atoms with Crippen molar-refractivity contribution in [2.75, 3.05) is 12.4 Å². The molecule has 3 aromatic rings. The van der Waals surface area contributed by atoms with Crippen LogP contribution in [0.15, 0.2) is 72.8 Å². The third-order valence-corrected chi connectivity index (χ3v) is 4.41. The topological polar surface area (TPSA) is 93.7 Å². The summed E-state index contributed by atoms with van der Waals surface area (Å²) in [5.74, 6) is -0.0983. The highest BCUT2D eigenvalue weighted by Crippen LogP contribution is 2.19. The molecule has 0 saturated carbocycles. The van der Waals surface area contributed by atoms with Crippen molar-refractivity contribution in [3.63, 3.8) is 0 Å². The first-order valence-electron chi connectivity index (χ1n) is 9.56. The molecular weight excluding hydrogens is 396 g/mol. The maximum Gasteiger partial charge on any atom is 0.308 e. The van der Waals surface area contributed by atoms with Gasteiger partial charge in [-0.1, -0.05) is 24.3 Å². The largest absolute Gasteiger partial charge is 0.497 e. The number of para-hydroxylation sites is 1. The fraction of sp³-hybridized carbons (Fsp3) is 0.125. The van der Waals surface area contributed by atoms with E-state index < -0.39 is 5.97 Å². The van der Waals surface area contributed by atoms with Crippen molar-refractivity contribution in [3.05, 3.63) is 89.5 Å². The second kappa shape index (κ2) is 10.1. The molecule has 2 N–H and O–H groups in total.